The fourth-order valence-electron chi connectivity index (χ4n) is 2.78. The molecule has 22 heavy (non-hydrogen) atoms. The molecular formula is C17H19FN2OS. The van der Waals surface area contributed by atoms with E-state index in [1.807, 2.05) is 17.5 Å². The van der Waals surface area contributed by atoms with Crippen molar-refractivity contribution in [3.8, 4) is 0 Å². The third-order valence-electron chi connectivity index (χ3n) is 3.90. The van der Waals surface area contributed by atoms with Crippen LogP contribution < -0.4 is 5.32 Å². The van der Waals surface area contributed by atoms with E-state index in [4.69, 9.17) is 0 Å². The third kappa shape index (κ3) is 3.72. The van der Waals surface area contributed by atoms with Crippen LogP contribution in [0.4, 0.5) is 4.39 Å². The maximum atomic E-state index is 13.1. The van der Waals surface area contributed by atoms with E-state index in [0.717, 1.165) is 23.5 Å². The molecule has 1 aliphatic rings. The van der Waals surface area contributed by atoms with E-state index in [9.17, 15) is 9.18 Å². The molecular weight excluding hydrogens is 299 g/mol. The van der Waals surface area contributed by atoms with Crippen LogP contribution in [-0.2, 0) is 4.79 Å². The molecule has 1 fully saturated rings. The summed E-state index contributed by atoms with van der Waals surface area (Å²) in [5.74, 6) is -0.248. The van der Waals surface area contributed by atoms with Crippen molar-refractivity contribution in [2.24, 2.45) is 0 Å². The van der Waals surface area contributed by atoms with Crippen molar-refractivity contribution in [2.45, 2.75) is 18.9 Å². The zero-order valence-corrected chi connectivity index (χ0v) is 13.1. The van der Waals surface area contributed by atoms with Crippen molar-refractivity contribution >= 4 is 17.2 Å². The molecule has 1 aromatic heterocycles. The molecule has 1 N–H and O–H groups in total. The minimum absolute atomic E-state index is 0.0182. The number of carbonyl (C=O) groups excluding carboxylic acids is 1. The van der Waals surface area contributed by atoms with E-state index in [1.54, 1.807) is 23.5 Å². The van der Waals surface area contributed by atoms with E-state index in [2.05, 4.69) is 10.2 Å². The number of benzene rings is 1. The number of halogens is 1. The highest BCUT2D eigenvalue weighted by Crippen LogP contribution is 2.26. The van der Waals surface area contributed by atoms with Gasteiger partial charge in [-0.3, -0.25) is 9.69 Å². The average Bonchev–Trinajstić information content (AvgIpc) is 3.19. The van der Waals surface area contributed by atoms with Gasteiger partial charge in [0.15, 0.2) is 0 Å². The van der Waals surface area contributed by atoms with Crippen molar-refractivity contribution in [1.82, 2.24) is 10.2 Å². The van der Waals surface area contributed by atoms with Gasteiger partial charge in [0.1, 0.15) is 5.82 Å². The molecule has 0 spiro atoms. The number of hydrogen-bond donors (Lipinski definition) is 1. The lowest BCUT2D eigenvalue weighted by atomic mass is 10.1. The molecule has 1 aromatic carbocycles. The van der Waals surface area contributed by atoms with Gasteiger partial charge in [-0.25, -0.2) is 4.39 Å². The van der Waals surface area contributed by atoms with Gasteiger partial charge in [-0.15, -0.1) is 11.3 Å². The fourth-order valence-corrected chi connectivity index (χ4v) is 3.58. The van der Waals surface area contributed by atoms with Gasteiger partial charge in [-0.1, -0.05) is 18.2 Å². The molecule has 1 amide bonds. The smallest absolute Gasteiger partial charge is 0.234 e. The van der Waals surface area contributed by atoms with Crippen LogP contribution in [0.15, 0.2) is 41.8 Å². The largest absolute Gasteiger partial charge is 0.343 e. The van der Waals surface area contributed by atoms with Crippen LogP contribution in [0, 0.1) is 5.82 Å². The summed E-state index contributed by atoms with van der Waals surface area (Å²) in [4.78, 5) is 15.6. The van der Waals surface area contributed by atoms with Crippen LogP contribution in [0.2, 0.25) is 0 Å². The lowest BCUT2D eigenvalue weighted by Gasteiger charge is -2.20. The lowest BCUT2D eigenvalue weighted by molar-refractivity contribution is -0.122. The number of hydrogen-bond acceptors (Lipinski definition) is 3. The Kier molecular flexibility index (Phi) is 4.85. The van der Waals surface area contributed by atoms with E-state index in [-0.39, 0.29) is 17.8 Å². The predicted octanol–water partition coefficient (Wildman–Crippen LogP) is 3.19. The second-order valence-corrected chi connectivity index (χ2v) is 6.53. The van der Waals surface area contributed by atoms with Crippen molar-refractivity contribution < 1.29 is 9.18 Å². The topological polar surface area (TPSA) is 32.3 Å². The van der Waals surface area contributed by atoms with Gasteiger partial charge in [0, 0.05) is 4.88 Å². The third-order valence-corrected chi connectivity index (χ3v) is 4.84. The van der Waals surface area contributed by atoms with Crippen molar-refractivity contribution in [3.63, 3.8) is 0 Å². The maximum Gasteiger partial charge on any atom is 0.234 e. The molecule has 0 bridgehead atoms. The first kappa shape index (κ1) is 15.2. The standard InChI is InChI=1S/C17H19FN2OS/c18-14-7-5-13(6-8-14)17(15-4-3-11-22-15)19-16(21)12-20-9-1-2-10-20/h3-8,11,17H,1-2,9-10,12H2,(H,19,21)/t17-/m0/s1. The average molecular weight is 318 g/mol. The van der Waals surface area contributed by atoms with Crippen LogP contribution in [0.25, 0.3) is 0 Å². The Hall–Kier alpha value is -1.72. The minimum Gasteiger partial charge on any atom is -0.343 e. The highest BCUT2D eigenvalue weighted by Gasteiger charge is 2.20. The normalized spacial score (nSPS) is 16.6. The van der Waals surface area contributed by atoms with Crippen LogP contribution >= 0.6 is 11.3 Å². The summed E-state index contributed by atoms with van der Waals surface area (Å²) in [5.41, 5.74) is 0.902. The van der Waals surface area contributed by atoms with Crippen molar-refractivity contribution in [1.29, 1.82) is 0 Å². The SMILES string of the molecule is O=C(CN1CCCC1)N[C@@H](c1ccc(F)cc1)c1cccs1. The molecule has 2 heterocycles. The fraction of sp³-hybridized carbons (Fsp3) is 0.353. The summed E-state index contributed by atoms with van der Waals surface area (Å²) >= 11 is 1.59. The number of nitrogens with zero attached hydrogens (tertiary/aromatic N) is 1. The summed E-state index contributed by atoms with van der Waals surface area (Å²) in [6.45, 7) is 2.42. The van der Waals surface area contributed by atoms with Crippen LogP contribution in [0.5, 0.6) is 0 Å². The Morgan fingerprint density at radius 1 is 1.23 bits per heavy atom. The van der Waals surface area contributed by atoms with Gasteiger partial charge in [0.05, 0.1) is 12.6 Å². The highest BCUT2D eigenvalue weighted by atomic mass is 32.1. The van der Waals surface area contributed by atoms with Gasteiger partial charge in [0.25, 0.3) is 0 Å². The minimum atomic E-state index is -0.267. The Morgan fingerprint density at radius 2 is 1.95 bits per heavy atom. The number of thiophene rings is 1. The zero-order chi connectivity index (χ0) is 15.4. The molecule has 1 atom stereocenters. The molecule has 5 heteroatoms. The number of rotatable bonds is 5. The number of carbonyl (C=O) groups is 1. The van der Waals surface area contributed by atoms with Crippen molar-refractivity contribution in [3.05, 3.63) is 58.0 Å². The maximum absolute atomic E-state index is 13.1. The molecule has 1 aliphatic heterocycles. The molecule has 3 rings (SSSR count). The van der Waals surface area contributed by atoms with Crippen molar-refractivity contribution in [2.75, 3.05) is 19.6 Å². The predicted molar refractivity (Wildman–Crippen MR) is 86.4 cm³/mol. The van der Waals surface area contributed by atoms with Gasteiger partial charge in [-0.2, -0.15) is 0 Å². The summed E-state index contributed by atoms with van der Waals surface area (Å²) < 4.78 is 13.1. The quantitative estimate of drug-likeness (QED) is 0.918. The van der Waals surface area contributed by atoms with E-state index in [0.29, 0.717) is 6.54 Å². The van der Waals surface area contributed by atoms with Crippen LogP contribution in [0.1, 0.15) is 29.3 Å². The second-order valence-electron chi connectivity index (χ2n) is 5.55. The molecule has 0 saturated carbocycles. The first-order valence-electron chi connectivity index (χ1n) is 7.53. The van der Waals surface area contributed by atoms with Gasteiger partial charge in [0.2, 0.25) is 5.91 Å². The molecule has 3 nitrogen and oxygen atoms in total. The number of nitrogens with one attached hydrogen (secondary N) is 1. The summed E-state index contributed by atoms with van der Waals surface area (Å²) in [5, 5.41) is 5.07. The first-order chi connectivity index (χ1) is 10.7. The van der Waals surface area contributed by atoms with Crippen LogP contribution in [0.3, 0.4) is 0 Å². The molecule has 116 valence electrons. The number of amides is 1. The Balaban J connectivity index is 1.74. The first-order valence-corrected chi connectivity index (χ1v) is 8.41. The zero-order valence-electron chi connectivity index (χ0n) is 12.3. The summed E-state index contributed by atoms with van der Waals surface area (Å²) in [6.07, 6.45) is 2.33. The monoisotopic (exact) mass is 318 g/mol. The Labute approximate surface area is 133 Å². The second kappa shape index (κ2) is 7.03. The Morgan fingerprint density at radius 3 is 2.59 bits per heavy atom. The van der Waals surface area contributed by atoms with E-state index < -0.39 is 0 Å². The lowest BCUT2D eigenvalue weighted by Crippen LogP contribution is -2.37. The molecule has 0 unspecified atom stereocenters. The molecule has 0 aliphatic carbocycles. The highest BCUT2D eigenvalue weighted by molar-refractivity contribution is 7.10. The van der Waals surface area contributed by atoms with E-state index in [1.165, 1.54) is 25.0 Å². The van der Waals surface area contributed by atoms with Gasteiger partial charge < -0.3 is 5.32 Å². The van der Waals surface area contributed by atoms with Gasteiger partial charge in [-0.05, 0) is 55.1 Å². The number of likely N-dealkylation sites (tertiary alicyclic amines) is 1. The Bertz CT molecular complexity index is 606. The summed E-state index contributed by atoms with van der Waals surface area (Å²) in [7, 11) is 0. The molecule has 1 saturated heterocycles. The van der Waals surface area contributed by atoms with Crippen LogP contribution in [-0.4, -0.2) is 30.4 Å². The molecule has 2 aromatic rings. The van der Waals surface area contributed by atoms with E-state index >= 15 is 0 Å². The summed E-state index contributed by atoms with van der Waals surface area (Å²) in [6, 6.07) is 10.1. The molecule has 0 radical (unpaired) electrons. The van der Waals surface area contributed by atoms with Gasteiger partial charge >= 0.3 is 0 Å².